The van der Waals surface area contributed by atoms with E-state index >= 15 is 0 Å². The normalized spacial score (nSPS) is 30.0. The second-order valence-electron chi connectivity index (χ2n) is 3.90. The average molecular weight is 247 g/mol. The van der Waals surface area contributed by atoms with Crippen molar-refractivity contribution in [2.24, 2.45) is 0 Å². The molecular weight excluding hydrogens is 235 g/mol. The minimum absolute atomic E-state index is 0.116. The van der Waals surface area contributed by atoms with Gasteiger partial charge in [-0.25, -0.2) is 0 Å². The molecular formula is C11H12Cl2O2. The van der Waals surface area contributed by atoms with Crippen molar-refractivity contribution >= 4 is 23.2 Å². The molecule has 4 heteroatoms. The van der Waals surface area contributed by atoms with Crippen LogP contribution < -0.4 is 0 Å². The van der Waals surface area contributed by atoms with E-state index in [4.69, 9.17) is 27.9 Å². The Morgan fingerprint density at radius 2 is 2.07 bits per heavy atom. The van der Waals surface area contributed by atoms with E-state index in [0.29, 0.717) is 28.5 Å². The summed E-state index contributed by atoms with van der Waals surface area (Å²) in [6, 6.07) is 5.31. The molecule has 0 atom stereocenters. The van der Waals surface area contributed by atoms with Crippen molar-refractivity contribution in [3.8, 4) is 0 Å². The number of aliphatic hydroxyl groups is 1. The van der Waals surface area contributed by atoms with Crippen molar-refractivity contribution in [1.82, 2.24) is 0 Å². The Hall–Kier alpha value is -0.280. The van der Waals surface area contributed by atoms with Crippen LogP contribution in [0.5, 0.6) is 0 Å². The van der Waals surface area contributed by atoms with Crippen LogP contribution in [0.3, 0.4) is 0 Å². The number of benzene rings is 1. The van der Waals surface area contributed by atoms with E-state index in [0.717, 1.165) is 0 Å². The third-order valence-corrected chi connectivity index (χ3v) is 3.74. The summed E-state index contributed by atoms with van der Waals surface area (Å²) >= 11 is 11.9. The largest absolute Gasteiger partial charge is 0.385 e. The summed E-state index contributed by atoms with van der Waals surface area (Å²) in [5.41, 5.74) is -0.173. The molecule has 0 aromatic heterocycles. The molecule has 1 aliphatic rings. The van der Waals surface area contributed by atoms with Crippen LogP contribution in [-0.2, 0) is 10.3 Å². The first-order chi connectivity index (χ1) is 7.07. The van der Waals surface area contributed by atoms with Gasteiger partial charge in [0.1, 0.15) is 0 Å². The van der Waals surface area contributed by atoms with Gasteiger partial charge in [0.2, 0.25) is 0 Å². The summed E-state index contributed by atoms with van der Waals surface area (Å²) in [5.74, 6) is 0. The Balaban J connectivity index is 2.27. The highest BCUT2D eigenvalue weighted by molar-refractivity contribution is 6.42. The highest BCUT2D eigenvalue weighted by Crippen LogP contribution is 2.46. The van der Waals surface area contributed by atoms with Gasteiger partial charge in [-0.1, -0.05) is 35.3 Å². The highest BCUT2D eigenvalue weighted by Gasteiger charge is 2.45. The molecule has 0 saturated heterocycles. The zero-order chi connectivity index (χ0) is 11.1. The van der Waals surface area contributed by atoms with Crippen molar-refractivity contribution < 1.29 is 9.84 Å². The molecule has 1 saturated carbocycles. The van der Waals surface area contributed by atoms with Gasteiger partial charge in [-0.05, 0) is 6.07 Å². The SMILES string of the molecule is COC1CC(O)(c2cccc(Cl)c2Cl)C1. The lowest BCUT2D eigenvalue weighted by molar-refractivity contribution is -0.133. The predicted molar refractivity (Wildman–Crippen MR) is 60.4 cm³/mol. The lowest BCUT2D eigenvalue weighted by atomic mass is 9.73. The van der Waals surface area contributed by atoms with Gasteiger partial charge >= 0.3 is 0 Å². The van der Waals surface area contributed by atoms with E-state index in [1.807, 2.05) is 0 Å². The van der Waals surface area contributed by atoms with E-state index < -0.39 is 5.60 Å². The van der Waals surface area contributed by atoms with E-state index in [9.17, 15) is 5.11 Å². The third-order valence-electron chi connectivity index (χ3n) is 2.92. The number of methoxy groups -OCH3 is 1. The van der Waals surface area contributed by atoms with Gasteiger partial charge in [0.05, 0.1) is 21.8 Å². The molecule has 15 heavy (non-hydrogen) atoms. The van der Waals surface area contributed by atoms with Gasteiger partial charge in [0.15, 0.2) is 0 Å². The molecule has 1 aromatic rings. The summed E-state index contributed by atoms with van der Waals surface area (Å²) in [5, 5.41) is 11.2. The Morgan fingerprint density at radius 1 is 1.40 bits per heavy atom. The molecule has 2 rings (SSSR count). The fraction of sp³-hybridized carbons (Fsp3) is 0.455. The van der Waals surface area contributed by atoms with Crippen LogP contribution in [0.1, 0.15) is 18.4 Å². The smallest absolute Gasteiger partial charge is 0.0960 e. The van der Waals surface area contributed by atoms with Crippen LogP contribution in [0, 0.1) is 0 Å². The zero-order valence-corrected chi connectivity index (χ0v) is 9.85. The van der Waals surface area contributed by atoms with E-state index in [-0.39, 0.29) is 6.10 Å². The van der Waals surface area contributed by atoms with Crippen molar-refractivity contribution in [2.45, 2.75) is 24.5 Å². The molecule has 2 nitrogen and oxygen atoms in total. The second-order valence-corrected chi connectivity index (χ2v) is 4.68. The molecule has 0 spiro atoms. The molecule has 0 heterocycles. The molecule has 1 aliphatic carbocycles. The molecule has 82 valence electrons. The topological polar surface area (TPSA) is 29.5 Å². The monoisotopic (exact) mass is 246 g/mol. The standard InChI is InChI=1S/C11H12Cl2O2/c1-15-7-5-11(14,6-7)8-3-2-4-9(12)10(8)13/h2-4,7,14H,5-6H2,1H3. The van der Waals surface area contributed by atoms with E-state index in [1.54, 1.807) is 25.3 Å². The fourth-order valence-electron chi connectivity index (χ4n) is 1.94. The van der Waals surface area contributed by atoms with Crippen molar-refractivity contribution in [3.05, 3.63) is 33.8 Å². The van der Waals surface area contributed by atoms with Crippen LogP contribution >= 0.6 is 23.2 Å². The molecule has 1 N–H and O–H groups in total. The lowest BCUT2D eigenvalue weighted by Crippen LogP contribution is -2.45. The molecule has 0 radical (unpaired) electrons. The molecule has 0 amide bonds. The summed E-state index contributed by atoms with van der Waals surface area (Å²) < 4.78 is 5.14. The van der Waals surface area contributed by atoms with Crippen molar-refractivity contribution in [3.63, 3.8) is 0 Å². The Kier molecular flexibility index (Phi) is 2.95. The first kappa shape index (κ1) is 11.2. The molecule has 1 fully saturated rings. The molecule has 0 unspecified atom stereocenters. The summed E-state index contributed by atoms with van der Waals surface area (Å²) in [7, 11) is 1.64. The maximum Gasteiger partial charge on any atom is 0.0960 e. The van der Waals surface area contributed by atoms with Crippen molar-refractivity contribution in [1.29, 1.82) is 0 Å². The van der Waals surface area contributed by atoms with Gasteiger partial charge in [0, 0.05) is 25.5 Å². The number of ether oxygens (including phenoxy) is 1. The van der Waals surface area contributed by atoms with Gasteiger partial charge in [0.25, 0.3) is 0 Å². The first-order valence-electron chi connectivity index (χ1n) is 4.76. The predicted octanol–water partition coefficient (Wildman–Crippen LogP) is 2.99. The van der Waals surface area contributed by atoms with Gasteiger partial charge < -0.3 is 9.84 Å². The Morgan fingerprint density at radius 3 is 2.67 bits per heavy atom. The third kappa shape index (κ3) is 1.87. The van der Waals surface area contributed by atoms with Crippen molar-refractivity contribution in [2.75, 3.05) is 7.11 Å². The maximum absolute atomic E-state index is 10.3. The quantitative estimate of drug-likeness (QED) is 0.870. The Bertz CT molecular complexity index is 373. The second kappa shape index (κ2) is 3.95. The van der Waals surface area contributed by atoms with Crippen LogP contribution in [0.4, 0.5) is 0 Å². The summed E-state index contributed by atoms with van der Waals surface area (Å²) in [6.07, 6.45) is 1.26. The van der Waals surface area contributed by atoms with E-state index in [1.165, 1.54) is 0 Å². The highest BCUT2D eigenvalue weighted by atomic mass is 35.5. The summed E-state index contributed by atoms with van der Waals surface area (Å²) in [6.45, 7) is 0. The average Bonchev–Trinajstić information content (AvgIpc) is 2.17. The minimum Gasteiger partial charge on any atom is -0.385 e. The lowest BCUT2D eigenvalue weighted by Gasteiger charge is -2.43. The molecule has 0 bridgehead atoms. The number of hydrogen-bond acceptors (Lipinski definition) is 2. The maximum atomic E-state index is 10.3. The van der Waals surface area contributed by atoms with Gasteiger partial charge in [-0.3, -0.25) is 0 Å². The summed E-state index contributed by atoms with van der Waals surface area (Å²) in [4.78, 5) is 0. The zero-order valence-electron chi connectivity index (χ0n) is 8.34. The number of rotatable bonds is 2. The number of halogens is 2. The molecule has 0 aliphatic heterocycles. The Labute approximate surface area is 98.8 Å². The van der Waals surface area contributed by atoms with Crippen LogP contribution in [0.15, 0.2) is 18.2 Å². The van der Waals surface area contributed by atoms with Crippen LogP contribution in [0.2, 0.25) is 10.0 Å². The fourth-order valence-corrected chi connectivity index (χ4v) is 2.42. The first-order valence-corrected chi connectivity index (χ1v) is 5.52. The van der Waals surface area contributed by atoms with Crippen LogP contribution in [-0.4, -0.2) is 18.3 Å². The van der Waals surface area contributed by atoms with Crippen LogP contribution in [0.25, 0.3) is 0 Å². The van der Waals surface area contributed by atoms with E-state index in [2.05, 4.69) is 0 Å². The molecule has 1 aromatic carbocycles. The van der Waals surface area contributed by atoms with Gasteiger partial charge in [-0.2, -0.15) is 0 Å². The minimum atomic E-state index is -0.872. The van der Waals surface area contributed by atoms with Gasteiger partial charge in [-0.15, -0.1) is 0 Å². The number of hydrogen-bond donors (Lipinski definition) is 1.